The zero-order valence-corrected chi connectivity index (χ0v) is 13.2. The number of hydrogen-bond acceptors (Lipinski definition) is 3. The lowest BCUT2D eigenvalue weighted by Crippen LogP contribution is -2.59. The highest BCUT2D eigenvalue weighted by molar-refractivity contribution is 5.74. The van der Waals surface area contributed by atoms with E-state index in [0.29, 0.717) is 17.9 Å². The molecule has 3 nitrogen and oxygen atoms in total. The topological polar surface area (TPSA) is 45.2 Å². The third kappa shape index (κ3) is 1.81. The Morgan fingerprint density at radius 2 is 2.00 bits per heavy atom. The number of pyridine rings is 1. The van der Waals surface area contributed by atoms with Gasteiger partial charge in [0.05, 0.1) is 11.3 Å². The molecule has 0 radical (unpaired) electrons. The van der Waals surface area contributed by atoms with Crippen molar-refractivity contribution in [2.45, 2.75) is 57.1 Å². The lowest BCUT2D eigenvalue weighted by molar-refractivity contribution is -0.129. The van der Waals surface area contributed by atoms with Gasteiger partial charge in [0.15, 0.2) is 0 Å². The van der Waals surface area contributed by atoms with Crippen molar-refractivity contribution < 1.29 is 5.11 Å². The van der Waals surface area contributed by atoms with Crippen molar-refractivity contribution in [1.29, 1.82) is 0 Å². The van der Waals surface area contributed by atoms with Gasteiger partial charge in [0.2, 0.25) is 0 Å². The van der Waals surface area contributed by atoms with E-state index in [9.17, 15) is 5.11 Å². The van der Waals surface area contributed by atoms with E-state index in [1.54, 1.807) is 0 Å². The van der Waals surface area contributed by atoms with Crippen LogP contribution < -0.4 is 5.32 Å². The first-order valence-electron chi connectivity index (χ1n) is 8.75. The molecule has 0 aliphatic heterocycles. The fraction of sp³-hybridized carbons (Fsp3) is 0.632. The molecule has 0 spiro atoms. The summed E-state index contributed by atoms with van der Waals surface area (Å²) in [5.74, 6) is 2.05. The standard InChI is InChI=1S/C19H24N2O/c1-11-10-20-16-4-2-3-15(16)17(11)21-18-13-5-12-6-14(18)9-19(22,7-12)8-13/h2-3,10,12-14,18,22H,4-9H2,1H3,(H,20,21)/t12?,13-,14+,18?,19?. The summed E-state index contributed by atoms with van der Waals surface area (Å²) >= 11 is 0. The third-order valence-corrected chi connectivity index (χ3v) is 6.54. The number of aryl methyl sites for hydroxylation is 1. The van der Waals surface area contributed by atoms with Crippen molar-refractivity contribution in [3.8, 4) is 0 Å². The molecule has 1 aromatic rings. The average Bonchev–Trinajstić information content (AvgIpc) is 2.91. The summed E-state index contributed by atoms with van der Waals surface area (Å²) in [6.45, 7) is 2.16. The second kappa shape index (κ2) is 4.35. The molecule has 4 saturated carbocycles. The largest absolute Gasteiger partial charge is 0.390 e. The number of aliphatic hydroxyl groups is 1. The smallest absolute Gasteiger partial charge is 0.0657 e. The maximum atomic E-state index is 10.7. The third-order valence-electron chi connectivity index (χ3n) is 6.54. The number of hydrogen-bond donors (Lipinski definition) is 2. The normalized spacial score (nSPS) is 41.0. The minimum Gasteiger partial charge on any atom is -0.390 e. The van der Waals surface area contributed by atoms with Crippen molar-refractivity contribution in [2.75, 3.05) is 5.32 Å². The van der Waals surface area contributed by atoms with E-state index in [-0.39, 0.29) is 5.60 Å². The van der Waals surface area contributed by atoms with E-state index < -0.39 is 0 Å². The van der Waals surface area contributed by atoms with Crippen molar-refractivity contribution in [2.24, 2.45) is 17.8 Å². The highest BCUT2D eigenvalue weighted by Crippen LogP contribution is 2.56. The molecule has 2 N–H and O–H groups in total. The summed E-state index contributed by atoms with van der Waals surface area (Å²) in [5, 5.41) is 14.7. The molecule has 4 fully saturated rings. The highest BCUT2D eigenvalue weighted by Gasteiger charge is 2.54. The highest BCUT2D eigenvalue weighted by atomic mass is 16.3. The number of rotatable bonds is 2. The fourth-order valence-corrected chi connectivity index (χ4v) is 5.87. The quantitative estimate of drug-likeness (QED) is 0.880. The monoisotopic (exact) mass is 296 g/mol. The Hall–Kier alpha value is -1.35. The van der Waals surface area contributed by atoms with Gasteiger partial charge in [0.1, 0.15) is 0 Å². The first-order valence-corrected chi connectivity index (χ1v) is 8.75. The molecule has 22 heavy (non-hydrogen) atoms. The number of aromatic nitrogens is 1. The number of fused-ring (bicyclic) bond motifs is 1. The van der Waals surface area contributed by atoms with Crippen molar-refractivity contribution >= 4 is 11.8 Å². The molecule has 0 aromatic carbocycles. The van der Waals surface area contributed by atoms with Crippen LogP contribution in [-0.4, -0.2) is 21.7 Å². The first-order chi connectivity index (χ1) is 10.6. The van der Waals surface area contributed by atoms with Gasteiger partial charge in [-0.25, -0.2) is 0 Å². The Balaban J connectivity index is 1.48. The van der Waals surface area contributed by atoms with Crippen molar-refractivity contribution in [3.63, 3.8) is 0 Å². The van der Waals surface area contributed by atoms with E-state index in [1.165, 1.54) is 35.3 Å². The number of nitrogens with zero attached hydrogens (tertiary/aromatic N) is 1. The van der Waals surface area contributed by atoms with E-state index in [1.807, 2.05) is 6.20 Å². The summed E-state index contributed by atoms with van der Waals surface area (Å²) < 4.78 is 0. The maximum Gasteiger partial charge on any atom is 0.0657 e. The van der Waals surface area contributed by atoms with Crippen LogP contribution in [0.2, 0.25) is 0 Å². The minimum absolute atomic E-state index is 0.343. The van der Waals surface area contributed by atoms with Gasteiger partial charge in [0, 0.05) is 29.9 Å². The molecule has 4 bridgehead atoms. The summed E-state index contributed by atoms with van der Waals surface area (Å²) in [6, 6.07) is 0.538. The van der Waals surface area contributed by atoms with Crippen molar-refractivity contribution in [3.05, 3.63) is 29.1 Å². The summed E-state index contributed by atoms with van der Waals surface area (Å²) in [5.41, 5.74) is 4.70. The zero-order chi connectivity index (χ0) is 14.9. The van der Waals surface area contributed by atoms with Gasteiger partial charge in [-0.1, -0.05) is 12.2 Å². The van der Waals surface area contributed by atoms with Crippen LogP contribution in [0, 0.1) is 24.7 Å². The second-order valence-electron chi connectivity index (χ2n) is 8.15. The predicted molar refractivity (Wildman–Crippen MR) is 87.6 cm³/mol. The van der Waals surface area contributed by atoms with Gasteiger partial charge < -0.3 is 10.4 Å². The lowest BCUT2D eigenvalue weighted by atomic mass is 9.52. The summed E-state index contributed by atoms with van der Waals surface area (Å²) in [4.78, 5) is 4.57. The molecule has 1 aromatic heterocycles. The van der Waals surface area contributed by atoms with Gasteiger partial charge >= 0.3 is 0 Å². The first kappa shape index (κ1) is 13.1. The number of allylic oxidation sites excluding steroid dienone is 1. The van der Waals surface area contributed by atoms with Crippen LogP contribution >= 0.6 is 0 Å². The molecule has 0 amide bonds. The molecule has 5 atom stereocenters. The molecule has 6 rings (SSSR count). The molecule has 0 saturated heterocycles. The van der Waals surface area contributed by atoms with Gasteiger partial charge in [0.25, 0.3) is 0 Å². The molecular formula is C19H24N2O. The van der Waals surface area contributed by atoms with Crippen LogP contribution in [0.1, 0.15) is 48.9 Å². The van der Waals surface area contributed by atoms with Crippen molar-refractivity contribution in [1.82, 2.24) is 4.98 Å². The maximum absolute atomic E-state index is 10.7. The van der Waals surface area contributed by atoms with Gasteiger partial charge in [-0.3, -0.25) is 4.98 Å². The van der Waals surface area contributed by atoms with Crippen LogP contribution in [0.4, 0.5) is 5.69 Å². The fourth-order valence-electron chi connectivity index (χ4n) is 5.87. The molecular weight excluding hydrogens is 272 g/mol. The zero-order valence-electron chi connectivity index (χ0n) is 13.2. The van der Waals surface area contributed by atoms with E-state index in [0.717, 1.165) is 31.6 Å². The second-order valence-corrected chi connectivity index (χ2v) is 8.15. The Labute approximate surface area is 131 Å². The predicted octanol–water partition coefficient (Wildman–Crippen LogP) is 3.31. The van der Waals surface area contributed by atoms with Crippen LogP contribution in [0.15, 0.2) is 12.3 Å². The molecule has 5 aliphatic carbocycles. The van der Waals surface area contributed by atoms with Gasteiger partial charge in [-0.05, 0) is 62.3 Å². The van der Waals surface area contributed by atoms with Crippen LogP contribution in [-0.2, 0) is 6.42 Å². The van der Waals surface area contributed by atoms with Crippen LogP contribution in [0.3, 0.4) is 0 Å². The Morgan fingerprint density at radius 1 is 1.23 bits per heavy atom. The van der Waals surface area contributed by atoms with Gasteiger partial charge in [-0.15, -0.1) is 0 Å². The van der Waals surface area contributed by atoms with E-state index in [4.69, 9.17) is 0 Å². The SMILES string of the molecule is Cc1cnc2c(c1NC1[C@@H]3CC4C[C@H]1CC(O)(C4)C3)C=CC2. The van der Waals surface area contributed by atoms with Gasteiger partial charge in [-0.2, -0.15) is 0 Å². The molecule has 5 aliphatic rings. The Morgan fingerprint density at radius 3 is 2.73 bits per heavy atom. The lowest BCUT2D eigenvalue weighted by Gasteiger charge is -2.58. The number of anilines is 1. The number of nitrogens with one attached hydrogen (secondary N) is 1. The summed E-state index contributed by atoms with van der Waals surface area (Å²) in [6.07, 6.45) is 13.1. The minimum atomic E-state index is -0.343. The van der Waals surface area contributed by atoms with Crippen LogP contribution in [0.25, 0.3) is 6.08 Å². The molecule has 116 valence electrons. The molecule has 3 heteroatoms. The Bertz CT molecular complexity index is 650. The van der Waals surface area contributed by atoms with E-state index >= 15 is 0 Å². The molecule has 1 heterocycles. The summed E-state index contributed by atoms with van der Waals surface area (Å²) in [7, 11) is 0. The van der Waals surface area contributed by atoms with E-state index in [2.05, 4.69) is 29.4 Å². The Kier molecular flexibility index (Phi) is 2.59. The van der Waals surface area contributed by atoms with Crippen LogP contribution in [0.5, 0.6) is 0 Å². The molecule has 3 unspecified atom stereocenters. The average molecular weight is 296 g/mol.